The van der Waals surface area contributed by atoms with Crippen LogP contribution in [0, 0.1) is 11.8 Å². The molecular weight excluding hydrogens is 340 g/mol. The lowest BCUT2D eigenvalue weighted by molar-refractivity contribution is -0.161. The minimum absolute atomic E-state index is 0.199. The molecule has 0 aliphatic carbocycles. The van der Waals surface area contributed by atoms with Crippen LogP contribution in [-0.4, -0.2) is 63.3 Å². The average molecular weight is 370 g/mol. The van der Waals surface area contributed by atoms with Crippen molar-refractivity contribution in [3.05, 3.63) is 0 Å². The molecule has 0 saturated carbocycles. The Morgan fingerprint density at radius 2 is 1.50 bits per heavy atom. The molecular formula is C18H30N2O6. The van der Waals surface area contributed by atoms with Crippen LogP contribution in [0.4, 0.5) is 0 Å². The molecule has 0 fully saturated rings. The number of methoxy groups -OCH3 is 2. The summed E-state index contributed by atoms with van der Waals surface area (Å²) >= 11 is 0. The fourth-order valence-corrected chi connectivity index (χ4v) is 2.69. The summed E-state index contributed by atoms with van der Waals surface area (Å²) in [6.45, 7) is 7.83. The van der Waals surface area contributed by atoms with Gasteiger partial charge in [0.15, 0.2) is 5.92 Å². The Morgan fingerprint density at radius 3 is 1.92 bits per heavy atom. The van der Waals surface area contributed by atoms with E-state index in [0.29, 0.717) is 18.2 Å². The SMILES string of the molecule is CCOC(=O)C(CC[C@@H]1N=C(OC)[C@@H](C(C)C)N=C1OC)C(=O)OCC. The molecule has 0 aromatic heterocycles. The van der Waals surface area contributed by atoms with Crippen LogP contribution in [0.25, 0.3) is 0 Å². The summed E-state index contributed by atoms with van der Waals surface area (Å²) in [5.74, 6) is -0.975. The summed E-state index contributed by atoms with van der Waals surface area (Å²) in [6.07, 6.45) is 0.601. The van der Waals surface area contributed by atoms with Crippen LogP contribution < -0.4 is 0 Å². The van der Waals surface area contributed by atoms with Crippen LogP contribution in [0.1, 0.15) is 40.5 Å². The van der Waals surface area contributed by atoms with Gasteiger partial charge in [-0.2, -0.15) is 0 Å². The molecule has 8 nitrogen and oxygen atoms in total. The summed E-state index contributed by atoms with van der Waals surface area (Å²) in [6, 6.07) is -0.631. The number of esters is 2. The maximum absolute atomic E-state index is 12.1. The first-order valence-electron chi connectivity index (χ1n) is 8.96. The van der Waals surface area contributed by atoms with Gasteiger partial charge < -0.3 is 18.9 Å². The van der Waals surface area contributed by atoms with Gasteiger partial charge in [-0.1, -0.05) is 13.8 Å². The van der Waals surface area contributed by atoms with Crippen LogP contribution in [-0.2, 0) is 28.5 Å². The topological polar surface area (TPSA) is 95.8 Å². The number of hydrogen-bond acceptors (Lipinski definition) is 8. The summed E-state index contributed by atoms with van der Waals surface area (Å²) < 4.78 is 20.7. The monoisotopic (exact) mass is 370 g/mol. The van der Waals surface area contributed by atoms with Crippen molar-refractivity contribution in [2.75, 3.05) is 27.4 Å². The number of nitrogens with zero attached hydrogens (tertiary/aromatic N) is 2. The van der Waals surface area contributed by atoms with Gasteiger partial charge in [0, 0.05) is 0 Å². The van der Waals surface area contributed by atoms with E-state index in [-0.39, 0.29) is 31.6 Å². The zero-order valence-corrected chi connectivity index (χ0v) is 16.5. The van der Waals surface area contributed by atoms with Crippen molar-refractivity contribution in [2.45, 2.75) is 52.6 Å². The second kappa shape index (κ2) is 10.8. The molecule has 26 heavy (non-hydrogen) atoms. The third kappa shape index (κ3) is 5.71. The van der Waals surface area contributed by atoms with E-state index in [0.717, 1.165) is 0 Å². The minimum Gasteiger partial charge on any atom is -0.483 e. The highest BCUT2D eigenvalue weighted by Gasteiger charge is 2.34. The van der Waals surface area contributed by atoms with Gasteiger partial charge in [-0.25, -0.2) is 9.98 Å². The molecule has 1 aliphatic heterocycles. The third-order valence-electron chi connectivity index (χ3n) is 4.01. The molecule has 1 rings (SSSR count). The summed E-state index contributed by atoms with van der Waals surface area (Å²) in [5, 5.41) is 0. The smallest absolute Gasteiger partial charge is 0.320 e. The number of ether oxygens (including phenoxy) is 4. The number of carbonyl (C=O) groups is 2. The van der Waals surface area contributed by atoms with Gasteiger partial charge in [0.05, 0.1) is 27.4 Å². The van der Waals surface area contributed by atoms with Crippen molar-refractivity contribution >= 4 is 23.7 Å². The van der Waals surface area contributed by atoms with Crippen molar-refractivity contribution in [2.24, 2.45) is 21.8 Å². The van der Waals surface area contributed by atoms with Crippen molar-refractivity contribution in [3.8, 4) is 0 Å². The van der Waals surface area contributed by atoms with E-state index >= 15 is 0 Å². The predicted octanol–water partition coefficient (Wildman–Crippen LogP) is 2.01. The first kappa shape index (κ1) is 21.9. The standard InChI is InChI=1S/C18H30N2O6/c1-7-25-17(21)12(18(22)26-8-2)9-10-13-15(23-5)20-14(11(3)4)16(19-13)24-6/h11-14H,7-10H2,1-6H3/t13-,14+/m0/s1. The molecule has 0 N–H and O–H groups in total. The Bertz CT molecular complexity index is 526. The minimum atomic E-state index is -0.989. The molecule has 8 heteroatoms. The van der Waals surface area contributed by atoms with E-state index in [1.54, 1.807) is 21.0 Å². The van der Waals surface area contributed by atoms with Gasteiger partial charge in [0.25, 0.3) is 0 Å². The van der Waals surface area contributed by atoms with Crippen LogP contribution in [0.5, 0.6) is 0 Å². The largest absolute Gasteiger partial charge is 0.483 e. The normalized spacial score (nSPS) is 19.7. The lowest BCUT2D eigenvalue weighted by Gasteiger charge is -2.27. The molecule has 0 aromatic carbocycles. The molecule has 1 heterocycles. The van der Waals surface area contributed by atoms with Crippen LogP contribution in [0.3, 0.4) is 0 Å². The van der Waals surface area contributed by atoms with E-state index in [9.17, 15) is 9.59 Å². The highest BCUT2D eigenvalue weighted by atomic mass is 16.6. The Morgan fingerprint density at radius 1 is 0.962 bits per heavy atom. The maximum atomic E-state index is 12.1. The van der Waals surface area contributed by atoms with Crippen molar-refractivity contribution < 1.29 is 28.5 Å². The van der Waals surface area contributed by atoms with Gasteiger partial charge in [-0.3, -0.25) is 9.59 Å². The second-order valence-electron chi connectivity index (χ2n) is 6.18. The number of aliphatic imine (C=N–C) groups is 2. The molecule has 0 unspecified atom stereocenters. The van der Waals surface area contributed by atoms with Crippen molar-refractivity contribution in [3.63, 3.8) is 0 Å². The molecule has 1 aliphatic rings. The molecule has 0 saturated heterocycles. The molecule has 0 aromatic rings. The number of carbonyl (C=O) groups excluding carboxylic acids is 2. The van der Waals surface area contributed by atoms with Gasteiger partial charge >= 0.3 is 11.9 Å². The Kier molecular flexibility index (Phi) is 9.09. The fraction of sp³-hybridized carbons (Fsp3) is 0.778. The average Bonchev–Trinajstić information content (AvgIpc) is 2.61. The van der Waals surface area contributed by atoms with Crippen molar-refractivity contribution in [1.29, 1.82) is 0 Å². The van der Waals surface area contributed by atoms with Gasteiger partial charge in [-0.05, 0) is 32.6 Å². The predicted molar refractivity (Wildman–Crippen MR) is 97.3 cm³/mol. The van der Waals surface area contributed by atoms with Gasteiger partial charge in [0.2, 0.25) is 11.8 Å². The van der Waals surface area contributed by atoms with Crippen LogP contribution in [0.2, 0.25) is 0 Å². The van der Waals surface area contributed by atoms with Crippen molar-refractivity contribution in [1.82, 2.24) is 0 Å². The Labute approximate surface area is 155 Å². The highest BCUT2D eigenvalue weighted by molar-refractivity contribution is 5.96. The van der Waals surface area contributed by atoms with Gasteiger partial charge in [-0.15, -0.1) is 0 Å². The Hall–Kier alpha value is -2.12. The van der Waals surface area contributed by atoms with E-state index in [2.05, 4.69) is 9.98 Å². The summed E-state index contributed by atoms with van der Waals surface area (Å²) in [7, 11) is 3.09. The number of hydrogen-bond donors (Lipinski definition) is 0. The zero-order valence-electron chi connectivity index (χ0n) is 16.5. The molecule has 148 valence electrons. The Balaban J connectivity index is 2.92. The first-order chi connectivity index (χ1) is 12.4. The van der Waals surface area contributed by atoms with E-state index in [1.165, 1.54) is 7.11 Å². The lowest BCUT2D eigenvalue weighted by atomic mass is 9.97. The summed E-state index contributed by atoms with van der Waals surface area (Å²) in [4.78, 5) is 33.4. The molecule has 0 amide bonds. The number of rotatable bonds is 8. The summed E-state index contributed by atoms with van der Waals surface area (Å²) in [5.41, 5.74) is 0. The van der Waals surface area contributed by atoms with E-state index < -0.39 is 23.9 Å². The van der Waals surface area contributed by atoms with E-state index in [4.69, 9.17) is 18.9 Å². The second-order valence-corrected chi connectivity index (χ2v) is 6.18. The fourth-order valence-electron chi connectivity index (χ4n) is 2.69. The highest BCUT2D eigenvalue weighted by Crippen LogP contribution is 2.22. The molecule has 2 atom stereocenters. The van der Waals surface area contributed by atoms with E-state index in [1.807, 2.05) is 13.8 Å². The third-order valence-corrected chi connectivity index (χ3v) is 4.01. The molecule has 0 bridgehead atoms. The quantitative estimate of drug-likeness (QED) is 0.479. The van der Waals surface area contributed by atoms with Crippen LogP contribution >= 0.6 is 0 Å². The zero-order chi connectivity index (χ0) is 19.7. The van der Waals surface area contributed by atoms with Crippen LogP contribution in [0.15, 0.2) is 9.98 Å². The maximum Gasteiger partial charge on any atom is 0.320 e. The molecule has 0 spiro atoms. The molecule has 0 radical (unpaired) electrons. The van der Waals surface area contributed by atoms with Gasteiger partial charge in [0.1, 0.15) is 12.1 Å². The first-order valence-corrected chi connectivity index (χ1v) is 8.96. The lowest BCUT2D eigenvalue weighted by Crippen LogP contribution is -2.38.